The van der Waals surface area contributed by atoms with Crippen molar-refractivity contribution in [1.29, 1.82) is 0 Å². The molecule has 16 heavy (non-hydrogen) atoms. The molecule has 0 spiro atoms. The smallest absolute Gasteiger partial charge is 0.218 e. The second-order valence-electron chi connectivity index (χ2n) is 3.71. The molecule has 1 heterocycles. The summed E-state index contributed by atoms with van der Waals surface area (Å²) in [6.07, 6.45) is 5.53. The number of aryl methyl sites for hydroxylation is 1. The number of ether oxygens (including phenoxy) is 1. The van der Waals surface area contributed by atoms with Gasteiger partial charge in [-0.05, 0) is 6.42 Å². The van der Waals surface area contributed by atoms with Crippen molar-refractivity contribution in [3.05, 3.63) is 17.0 Å². The second kappa shape index (κ2) is 7.44. The maximum atomic E-state index is 5.86. The fraction of sp³-hybridized carbons (Fsp3) is 0.667. The molecule has 3 nitrogen and oxygen atoms in total. The summed E-state index contributed by atoms with van der Waals surface area (Å²) < 4.78 is 5.54. The highest BCUT2D eigenvalue weighted by Gasteiger charge is 2.02. The van der Waals surface area contributed by atoms with Crippen LogP contribution in [0.1, 0.15) is 45.4 Å². The Morgan fingerprint density at radius 1 is 1.19 bits per heavy atom. The van der Waals surface area contributed by atoms with Gasteiger partial charge in [-0.15, -0.1) is 0 Å². The molecule has 0 aliphatic rings. The quantitative estimate of drug-likeness (QED) is 0.541. The first-order valence-electron chi connectivity index (χ1n) is 5.92. The molecular formula is C12H19ClN2O. The summed E-state index contributed by atoms with van der Waals surface area (Å²) in [6.45, 7) is 4.89. The van der Waals surface area contributed by atoms with E-state index in [0.717, 1.165) is 18.7 Å². The molecule has 0 unspecified atom stereocenters. The van der Waals surface area contributed by atoms with E-state index >= 15 is 0 Å². The lowest BCUT2D eigenvalue weighted by atomic mass is 10.2. The Hall–Kier alpha value is -0.830. The van der Waals surface area contributed by atoms with Crippen LogP contribution < -0.4 is 4.74 Å². The molecule has 0 fully saturated rings. The first-order chi connectivity index (χ1) is 7.76. The van der Waals surface area contributed by atoms with Crippen molar-refractivity contribution < 1.29 is 4.74 Å². The Bertz CT molecular complexity index is 318. The maximum Gasteiger partial charge on any atom is 0.218 e. The van der Waals surface area contributed by atoms with E-state index in [1.807, 2.05) is 6.92 Å². The van der Waals surface area contributed by atoms with Gasteiger partial charge >= 0.3 is 0 Å². The first kappa shape index (κ1) is 13.2. The van der Waals surface area contributed by atoms with Crippen LogP contribution in [0.4, 0.5) is 0 Å². The number of rotatable bonds is 7. The molecule has 0 amide bonds. The van der Waals surface area contributed by atoms with Crippen LogP contribution >= 0.6 is 11.6 Å². The van der Waals surface area contributed by atoms with Crippen LogP contribution in [-0.4, -0.2) is 16.6 Å². The van der Waals surface area contributed by atoms with Crippen molar-refractivity contribution in [3.8, 4) is 5.88 Å². The van der Waals surface area contributed by atoms with Crippen LogP contribution in [-0.2, 0) is 6.42 Å². The Morgan fingerprint density at radius 3 is 2.69 bits per heavy atom. The first-order valence-corrected chi connectivity index (χ1v) is 6.30. The van der Waals surface area contributed by atoms with E-state index in [-0.39, 0.29) is 0 Å². The molecule has 1 aromatic rings. The predicted octanol–water partition coefficient (Wildman–Crippen LogP) is 3.65. The van der Waals surface area contributed by atoms with Gasteiger partial charge in [-0.1, -0.05) is 44.7 Å². The Labute approximate surface area is 102 Å². The molecule has 0 saturated heterocycles. The molecule has 0 atom stereocenters. The average Bonchev–Trinajstić information content (AvgIpc) is 2.28. The third kappa shape index (κ3) is 4.79. The Morgan fingerprint density at radius 2 is 2.00 bits per heavy atom. The van der Waals surface area contributed by atoms with Gasteiger partial charge in [0.25, 0.3) is 0 Å². The zero-order valence-corrected chi connectivity index (χ0v) is 10.8. The minimum Gasteiger partial charge on any atom is -0.478 e. The molecule has 1 aromatic heterocycles. The lowest BCUT2D eigenvalue weighted by molar-refractivity contribution is 0.292. The highest BCUT2D eigenvalue weighted by molar-refractivity contribution is 6.29. The van der Waals surface area contributed by atoms with Crippen molar-refractivity contribution in [1.82, 2.24) is 9.97 Å². The lowest BCUT2D eigenvalue weighted by Gasteiger charge is -2.06. The predicted molar refractivity (Wildman–Crippen MR) is 66.1 cm³/mol. The monoisotopic (exact) mass is 242 g/mol. The fourth-order valence-electron chi connectivity index (χ4n) is 1.38. The fourth-order valence-corrected chi connectivity index (χ4v) is 1.57. The van der Waals surface area contributed by atoms with E-state index in [2.05, 4.69) is 16.9 Å². The van der Waals surface area contributed by atoms with Crippen molar-refractivity contribution in [2.24, 2.45) is 0 Å². The molecule has 0 aromatic carbocycles. The molecule has 0 saturated carbocycles. The normalized spacial score (nSPS) is 10.4. The Kier molecular flexibility index (Phi) is 6.16. The van der Waals surface area contributed by atoms with Gasteiger partial charge < -0.3 is 4.74 Å². The highest BCUT2D eigenvalue weighted by atomic mass is 35.5. The number of aromatic nitrogens is 2. The van der Waals surface area contributed by atoms with Gasteiger partial charge in [0, 0.05) is 12.5 Å². The highest BCUT2D eigenvalue weighted by Crippen LogP contribution is 2.14. The number of hydrogen-bond acceptors (Lipinski definition) is 3. The van der Waals surface area contributed by atoms with Gasteiger partial charge in [-0.25, -0.2) is 4.98 Å². The van der Waals surface area contributed by atoms with Crippen molar-refractivity contribution in [2.75, 3.05) is 6.61 Å². The summed E-state index contributed by atoms with van der Waals surface area (Å²) in [5.41, 5.74) is 0. The number of nitrogens with zero attached hydrogens (tertiary/aromatic N) is 2. The minimum absolute atomic E-state index is 0.454. The SMILES string of the molecule is CCCCCCOc1cc(Cl)nc(CC)n1. The molecule has 0 aliphatic heterocycles. The summed E-state index contributed by atoms with van der Waals surface area (Å²) in [7, 11) is 0. The molecule has 0 N–H and O–H groups in total. The number of unbranched alkanes of at least 4 members (excludes halogenated alkanes) is 3. The van der Waals surface area contributed by atoms with Crippen molar-refractivity contribution in [2.45, 2.75) is 46.0 Å². The van der Waals surface area contributed by atoms with Crippen LogP contribution in [0.25, 0.3) is 0 Å². The van der Waals surface area contributed by atoms with Crippen LogP contribution in [0.2, 0.25) is 5.15 Å². The summed E-state index contributed by atoms with van der Waals surface area (Å²) in [5, 5.41) is 0.454. The van der Waals surface area contributed by atoms with Crippen LogP contribution in [0, 0.1) is 0 Å². The zero-order valence-electron chi connectivity index (χ0n) is 10.0. The van der Waals surface area contributed by atoms with E-state index in [9.17, 15) is 0 Å². The summed E-state index contributed by atoms with van der Waals surface area (Å²) in [5.74, 6) is 1.32. The summed E-state index contributed by atoms with van der Waals surface area (Å²) in [4.78, 5) is 8.34. The number of halogens is 1. The van der Waals surface area contributed by atoms with Crippen molar-refractivity contribution >= 4 is 11.6 Å². The molecular weight excluding hydrogens is 224 g/mol. The van der Waals surface area contributed by atoms with E-state index < -0.39 is 0 Å². The van der Waals surface area contributed by atoms with Gasteiger partial charge in [0.1, 0.15) is 11.0 Å². The molecule has 0 radical (unpaired) electrons. The zero-order chi connectivity index (χ0) is 11.8. The van der Waals surface area contributed by atoms with Gasteiger partial charge in [-0.2, -0.15) is 4.98 Å². The number of hydrogen-bond donors (Lipinski definition) is 0. The van der Waals surface area contributed by atoms with Crippen LogP contribution in [0.5, 0.6) is 5.88 Å². The third-order valence-electron chi connectivity index (χ3n) is 2.28. The van der Waals surface area contributed by atoms with Crippen LogP contribution in [0.15, 0.2) is 6.07 Å². The van der Waals surface area contributed by atoms with E-state index in [0.29, 0.717) is 17.6 Å². The van der Waals surface area contributed by atoms with Gasteiger partial charge in [0.2, 0.25) is 5.88 Å². The lowest BCUT2D eigenvalue weighted by Crippen LogP contribution is -2.02. The summed E-state index contributed by atoms with van der Waals surface area (Å²) >= 11 is 5.86. The van der Waals surface area contributed by atoms with E-state index in [1.54, 1.807) is 6.07 Å². The van der Waals surface area contributed by atoms with Gasteiger partial charge in [0.15, 0.2) is 0 Å². The third-order valence-corrected chi connectivity index (χ3v) is 2.48. The van der Waals surface area contributed by atoms with Gasteiger partial charge in [0.05, 0.1) is 6.61 Å². The topological polar surface area (TPSA) is 35.0 Å². The van der Waals surface area contributed by atoms with Crippen LogP contribution in [0.3, 0.4) is 0 Å². The molecule has 0 aliphatic carbocycles. The van der Waals surface area contributed by atoms with Gasteiger partial charge in [-0.3, -0.25) is 0 Å². The molecule has 90 valence electrons. The van der Waals surface area contributed by atoms with Crippen molar-refractivity contribution in [3.63, 3.8) is 0 Å². The minimum atomic E-state index is 0.454. The molecule has 4 heteroatoms. The standard InChI is InChI=1S/C12H19ClN2O/c1-3-5-6-7-8-16-12-9-10(13)14-11(4-2)15-12/h9H,3-8H2,1-2H3. The Balaban J connectivity index is 2.38. The van der Waals surface area contributed by atoms with E-state index in [4.69, 9.17) is 16.3 Å². The average molecular weight is 243 g/mol. The maximum absolute atomic E-state index is 5.86. The largest absolute Gasteiger partial charge is 0.478 e. The molecule has 0 bridgehead atoms. The van der Waals surface area contributed by atoms with E-state index in [1.165, 1.54) is 19.3 Å². The summed E-state index contributed by atoms with van der Waals surface area (Å²) in [6, 6.07) is 1.67. The molecule has 1 rings (SSSR count). The second-order valence-corrected chi connectivity index (χ2v) is 4.10.